The van der Waals surface area contributed by atoms with E-state index in [0.717, 1.165) is 0 Å². The summed E-state index contributed by atoms with van der Waals surface area (Å²) in [5, 5.41) is 10.2. The molecule has 0 fully saturated rings. The number of aromatic nitrogens is 2. The van der Waals surface area contributed by atoms with Crippen molar-refractivity contribution in [3.8, 4) is 0 Å². The molecule has 0 unspecified atom stereocenters. The fraction of sp³-hybridized carbons (Fsp3) is 0.400. The maximum absolute atomic E-state index is 10.2. The second-order valence-corrected chi connectivity index (χ2v) is 2.30. The van der Waals surface area contributed by atoms with E-state index in [-0.39, 0.29) is 5.95 Å². The molecule has 0 N–H and O–H groups in total. The van der Waals surface area contributed by atoms with E-state index in [1.54, 1.807) is 7.05 Å². The van der Waals surface area contributed by atoms with Crippen LogP contribution in [0.3, 0.4) is 0 Å². The first-order valence-electron chi connectivity index (χ1n) is 2.90. The van der Waals surface area contributed by atoms with Gasteiger partial charge in [0.2, 0.25) is 5.88 Å². The molecule has 0 aliphatic carbocycles. The molecule has 0 aliphatic rings. The normalized spacial score (nSPS) is 10.0. The van der Waals surface area contributed by atoms with E-state index >= 15 is 0 Å². The smallest absolute Gasteiger partial charge is 0.390 e. The molecule has 0 aliphatic heterocycles. The van der Waals surface area contributed by atoms with Crippen molar-refractivity contribution in [3.05, 3.63) is 22.0 Å². The maximum atomic E-state index is 10.2. The van der Waals surface area contributed by atoms with Crippen molar-refractivity contribution in [1.29, 1.82) is 0 Å². The molecule has 11 heavy (non-hydrogen) atoms. The van der Waals surface area contributed by atoms with Crippen LogP contribution in [0.4, 0.5) is 5.95 Å². The molecule has 0 saturated carbocycles. The summed E-state index contributed by atoms with van der Waals surface area (Å²) in [5.74, 6) is 0.182. The lowest BCUT2D eigenvalue weighted by Crippen LogP contribution is -2.00. The predicted octanol–water partition coefficient (Wildman–Crippen LogP) is 0.110. The molecule has 0 atom stereocenters. The van der Waals surface area contributed by atoms with Gasteiger partial charge < -0.3 is 10.1 Å². The van der Waals surface area contributed by atoms with Gasteiger partial charge in [0.05, 0.1) is 7.05 Å². The van der Waals surface area contributed by atoms with E-state index in [2.05, 4.69) is 4.98 Å². The number of nitro groups is 1. The Morgan fingerprint density at radius 2 is 2.55 bits per heavy atom. The Balaban J connectivity index is 3.10. The highest BCUT2D eigenvalue weighted by molar-refractivity contribution is 5.13. The Morgan fingerprint density at radius 1 is 1.91 bits per heavy atom. The molecule has 0 aromatic carbocycles. The monoisotopic (exact) mass is 176 g/mol. The first-order valence-corrected chi connectivity index (χ1v) is 3.47. The average Bonchev–Trinajstić information content (AvgIpc) is 2.30. The highest BCUT2D eigenvalue weighted by atomic mass is 35.5. The highest BCUT2D eigenvalue weighted by Gasteiger charge is 2.17. The third kappa shape index (κ3) is 1.32. The highest BCUT2D eigenvalue weighted by Crippen LogP contribution is 2.09. The van der Waals surface area contributed by atoms with E-state index in [1.165, 1.54) is 10.8 Å². The first kappa shape index (κ1) is 8.00. The average molecular weight is 177 g/mol. The zero-order valence-corrected chi connectivity index (χ0v) is 6.67. The largest absolute Gasteiger partial charge is 0.434 e. The van der Waals surface area contributed by atoms with Gasteiger partial charge >= 0.3 is 5.95 Å². The van der Waals surface area contributed by atoms with Crippen molar-refractivity contribution >= 4 is 5.95 Å². The van der Waals surface area contributed by atoms with Crippen molar-refractivity contribution in [2.24, 2.45) is 7.05 Å². The third-order valence-electron chi connectivity index (χ3n) is 1.37. The van der Waals surface area contributed by atoms with Crippen molar-refractivity contribution in [1.82, 2.24) is 9.55 Å². The Bertz CT molecular complexity index is 283. The molecule has 1 aromatic rings. The Morgan fingerprint density at radius 3 is 2.82 bits per heavy atom. The lowest BCUT2D eigenvalue weighted by atomic mass is 10.5. The SMILES string of the molecule is Cn1c(C[ClH+])cnc1[N+](=O)[O-]. The molecular weight excluding hydrogens is 170 g/mol. The summed E-state index contributed by atoms with van der Waals surface area (Å²) in [4.78, 5) is 13.3. The van der Waals surface area contributed by atoms with Gasteiger partial charge in [-0.2, -0.15) is 0 Å². The molecule has 0 bridgehead atoms. The van der Waals surface area contributed by atoms with Gasteiger partial charge in [0.15, 0.2) is 5.69 Å². The van der Waals surface area contributed by atoms with Crippen LogP contribution < -0.4 is 0 Å². The molecule has 0 radical (unpaired) electrons. The van der Waals surface area contributed by atoms with Crippen LogP contribution in [0.25, 0.3) is 0 Å². The fourth-order valence-corrected chi connectivity index (χ4v) is 1.01. The molecule has 6 heteroatoms. The minimum Gasteiger partial charge on any atom is -0.390 e. The second-order valence-electron chi connectivity index (χ2n) is 2.01. The number of imidazole rings is 1. The second kappa shape index (κ2) is 2.87. The van der Waals surface area contributed by atoms with Gasteiger partial charge in [-0.15, -0.1) is 0 Å². The van der Waals surface area contributed by atoms with Gasteiger partial charge in [0.25, 0.3) is 0 Å². The van der Waals surface area contributed by atoms with Crippen LogP contribution in [-0.2, 0) is 12.9 Å². The zero-order chi connectivity index (χ0) is 8.43. The molecule has 5 nitrogen and oxygen atoms in total. The quantitative estimate of drug-likeness (QED) is 0.365. The third-order valence-corrected chi connectivity index (χ3v) is 1.67. The van der Waals surface area contributed by atoms with E-state index in [4.69, 9.17) is 11.6 Å². The van der Waals surface area contributed by atoms with Crippen LogP contribution in [0.15, 0.2) is 6.20 Å². The maximum Gasteiger partial charge on any atom is 0.434 e. The minimum absolute atomic E-state index is 0.162. The summed E-state index contributed by atoms with van der Waals surface area (Å²) in [5.41, 5.74) is 0.687. The number of alkyl halides is 1. The summed E-state index contributed by atoms with van der Waals surface area (Å²) in [6.45, 7) is 0. The van der Waals surface area contributed by atoms with Crippen LogP contribution in [0, 0.1) is 21.7 Å². The van der Waals surface area contributed by atoms with Crippen LogP contribution in [0.2, 0.25) is 0 Å². The number of hydrogen-bond acceptors (Lipinski definition) is 3. The molecule has 0 spiro atoms. The molecular formula is C5H7ClN3O2+. The first-order chi connectivity index (χ1) is 5.16. The van der Waals surface area contributed by atoms with E-state index in [1.807, 2.05) is 0 Å². The number of nitrogens with zero attached hydrogens (tertiary/aromatic N) is 3. The summed E-state index contributed by atoms with van der Waals surface area (Å²) in [7, 11) is 1.58. The van der Waals surface area contributed by atoms with Crippen LogP contribution in [-0.4, -0.2) is 14.5 Å². The summed E-state index contributed by atoms with van der Waals surface area (Å²) >= 11 is 4.72. The Kier molecular flexibility index (Phi) is 2.09. The van der Waals surface area contributed by atoms with E-state index in [9.17, 15) is 10.1 Å². The lowest BCUT2D eigenvalue weighted by Gasteiger charge is -1.93. The number of hydrogen-bond donors (Lipinski definition) is 0. The molecule has 1 heterocycles. The predicted molar refractivity (Wildman–Crippen MR) is 35.0 cm³/mol. The van der Waals surface area contributed by atoms with Gasteiger partial charge in [-0.05, 0) is 4.92 Å². The molecule has 1 rings (SSSR count). The van der Waals surface area contributed by atoms with Crippen LogP contribution >= 0.6 is 0 Å². The molecule has 0 saturated heterocycles. The van der Waals surface area contributed by atoms with Gasteiger partial charge in [-0.3, -0.25) is 0 Å². The van der Waals surface area contributed by atoms with E-state index in [0.29, 0.717) is 11.6 Å². The van der Waals surface area contributed by atoms with Crippen LogP contribution in [0.1, 0.15) is 5.69 Å². The van der Waals surface area contributed by atoms with Gasteiger partial charge in [0, 0.05) is 0 Å². The lowest BCUT2D eigenvalue weighted by molar-refractivity contribution is -0.399. The zero-order valence-electron chi connectivity index (χ0n) is 5.85. The van der Waals surface area contributed by atoms with Crippen molar-refractivity contribution < 1.29 is 16.5 Å². The number of halogens is 1. The summed E-state index contributed by atoms with van der Waals surface area (Å²) in [6, 6.07) is 0. The van der Waals surface area contributed by atoms with Gasteiger partial charge in [-0.1, -0.05) is 4.98 Å². The summed E-state index contributed by atoms with van der Waals surface area (Å²) < 4.78 is 1.38. The molecule has 0 amide bonds. The Labute approximate surface area is 67.8 Å². The molecule has 1 aromatic heterocycles. The fourth-order valence-electron chi connectivity index (χ4n) is 0.738. The minimum atomic E-state index is -0.533. The number of rotatable bonds is 2. The van der Waals surface area contributed by atoms with Crippen molar-refractivity contribution in [2.45, 2.75) is 5.88 Å². The van der Waals surface area contributed by atoms with E-state index < -0.39 is 4.92 Å². The Hall–Kier alpha value is -1.10. The van der Waals surface area contributed by atoms with Crippen molar-refractivity contribution in [2.75, 3.05) is 0 Å². The van der Waals surface area contributed by atoms with Crippen LogP contribution in [0.5, 0.6) is 0 Å². The van der Waals surface area contributed by atoms with Gasteiger partial charge in [0.1, 0.15) is 17.8 Å². The van der Waals surface area contributed by atoms with Crippen molar-refractivity contribution in [3.63, 3.8) is 0 Å². The summed E-state index contributed by atoms with van der Waals surface area (Å²) in [6.07, 6.45) is 1.42. The topological polar surface area (TPSA) is 61.0 Å². The standard InChI is InChI=1S/C5H7ClN3O2/c1-8-4(2-6)3-7-5(8)9(10)11/h3,6H,2H2,1H3/q+1. The van der Waals surface area contributed by atoms with Gasteiger partial charge in [-0.25, -0.2) is 4.57 Å². The molecule has 60 valence electrons.